The normalized spacial score (nSPS) is 17.8. The molecule has 1 amide bonds. The van der Waals surface area contributed by atoms with Crippen molar-refractivity contribution in [2.75, 3.05) is 11.5 Å². The molecule has 32 heavy (non-hydrogen) atoms. The minimum absolute atomic E-state index is 0.00738. The number of nitrogens with zero attached hydrogens (tertiary/aromatic N) is 1. The smallest absolute Gasteiger partial charge is 0.300 e. The fourth-order valence-corrected chi connectivity index (χ4v) is 4.99. The van der Waals surface area contributed by atoms with E-state index in [2.05, 4.69) is 0 Å². The van der Waals surface area contributed by atoms with E-state index in [1.54, 1.807) is 18.2 Å². The summed E-state index contributed by atoms with van der Waals surface area (Å²) in [6, 6.07) is 13.5. The number of ketones is 1. The monoisotopic (exact) mass is 467 g/mol. The first kappa shape index (κ1) is 22.1. The highest BCUT2D eigenvalue weighted by molar-refractivity contribution is 7.10. The van der Waals surface area contributed by atoms with Gasteiger partial charge in [0.1, 0.15) is 17.6 Å². The first-order valence-electron chi connectivity index (χ1n) is 10.2. The number of amides is 1. The SMILES string of the molecule is CCOc1ccc(Cl)c(/C(O)=C2/C(=O)C(=O)N(c3ccc(C)cc3C)C2c2cccs2)c1. The minimum Gasteiger partial charge on any atom is -0.507 e. The van der Waals surface area contributed by atoms with Crippen LogP contribution in [0.4, 0.5) is 5.69 Å². The molecule has 7 heteroatoms. The summed E-state index contributed by atoms with van der Waals surface area (Å²) in [5.74, 6) is -1.25. The highest BCUT2D eigenvalue weighted by Gasteiger charge is 2.48. The number of carbonyl (C=O) groups is 2. The molecule has 1 saturated heterocycles. The largest absolute Gasteiger partial charge is 0.507 e. The maximum absolute atomic E-state index is 13.2. The number of carbonyl (C=O) groups excluding carboxylic acids is 2. The van der Waals surface area contributed by atoms with Crippen LogP contribution >= 0.6 is 22.9 Å². The number of Topliss-reactive ketones (excluding diaryl/α,β-unsaturated/α-hetero) is 1. The van der Waals surface area contributed by atoms with Crippen LogP contribution < -0.4 is 9.64 Å². The zero-order valence-electron chi connectivity index (χ0n) is 17.9. The molecule has 1 aliphatic heterocycles. The molecule has 0 saturated carbocycles. The summed E-state index contributed by atoms with van der Waals surface area (Å²) >= 11 is 7.78. The summed E-state index contributed by atoms with van der Waals surface area (Å²) in [6.07, 6.45) is 0. The Balaban J connectivity index is 1.94. The van der Waals surface area contributed by atoms with Crippen molar-refractivity contribution in [2.45, 2.75) is 26.8 Å². The molecule has 1 unspecified atom stereocenters. The average molecular weight is 468 g/mol. The number of halogens is 1. The summed E-state index contributed by atoms with van der Waals surface area (Å²) in [5, 5.41) is 13.4. The van der Waals surface area contributed by atoms with Gasteiger partial charge in [-0.05, 0) is 62.0 Å². The Morgan fingerprint density at radius 3 is 2.59 bits per heavy atom. The zero-order chi connectivity index (χ0) is 23.0. The van der Waals surface area contributed by atoms with Gasteiger partial charge in [-0.3, -0.25) is 14.5 Å². The zero-order valence-corrected chi connectivity index (χ0v) is 19.5. The predicted molar refractivity (Wildman–Crippen MR) is 128 cm³/mol. The fourth-order valence-electron chi connectivity index (χ4n) is 3.96. The van der Waals surface area contributed by atoms with Crippen molar-refractivity contribution in [2.24, 2.45) is 0 Å². The van der Waals surface area contributed by atoms with Gasteiger partial charge >= 0.3 is 0 Å². The number of thiophene rings is 1. The summed E-state index contributed by atoms with van der Waals surface area (Å²) in [4.78, 5) is 28.7. The lowest BCUT2D eigenvalue weighted by molar-refractivity contribution is -0.132. The Morgan fingerprint density at radius 2 is 1.94 bits per heavy atom. The van der Waals surface area contributed by atoms with E-state index in [1.807, 2.05) is 56.5 Å². The van der Waals surface area contributed by atoms with Crippen LogP contribution in [0.1, 0.15) is 34.5 Å². The van der Waals surface area contributed by atoms with Crippen molar-refractivity contribution in [3.8, 4) is 5.75 Å². The molecule has 0 spiro atoms. The number of aliphatic hydroxyl groups is 1. The van der Waals surface area contributed by atoms with Crippen LogP contribution in [0.25, 0.3) is 5.76 Å². The van der Waals surface area contributed by atoms with Gasteiger partial charge in [0, 0.05) is 16.1 Å². The van der Waals surface area contributed by atoms with E-state index in [4.69, 9.17) is 16.3 Å². The van der Waals surface area contributed by atoms with E-state index in [1.165, 1.54) is 16.2 Å². The van der Waals surface area contributed by atoms with Gasteiger partial charge in [-0.1, -0.05) is 35.4 Å². The lowest BCUT2D eigenvalue weighted by Gasteiger charge is -2.26. The molecule has 1 N–H and O–H groups in total. The van der Waals surface area contributed by atoms with Crippen molar-refractivity contribution in [3.63, 3.8) is 0 Å². The number of aryl methyl sites for hydroxylation is 2. The molecule has 2 heterocycles. The van der Waals surface area contributed by atoms with Gasteiger partial charge < -0.3 is 9.84 Å². The van der Waals surface area contributed by atoms with E-state index >= 15 is 0 Å². The quantitative estimate of drug-likeness (QED) is 0.282. The van der Waals surface area contributed by atoms with E-state index < -0.39 is 17.7 Å². The van der Waals surface area contributed by atoms with Crippen LogP contribution in [-0.4, -0.2) is 23.4 Å². The fraction of sp³-hybridized carbons (Fsp3) is 0.200. The Labute approximate surface area is 195 Å². The molecule has 2 aromatic carbocycles. The minimum atomic E-state index is -0.761. The summed E-state index contributed by atoms with van der Waals surface area (Å²) in [7, 11) is 0. The van der Waals surface area contributed by atoms with Crippen molar-refractivity contribution in [1.29, 1.82) is 0 Å². The second-order valence-corrected chi connectivity index (χ2v) is 8.94. The number of hydrogen-bond acceptors (Lipinski definition) is 5. The Bertz CT molecular complexity index is 1230. The van der Waals surface area contributed by atoms with E-state index in [9.17, 15) is 14.7 Å². The number of ether oxygens (including phenoxy) is 1. The number of benzene rings is 2. The number of hydrogen-bond donors (Lipinski definition) is 1. The summed E-state index contributed by atoms with van der Waals surface area (Å²) < 4.78 is 5.53. The second-order valence-electron chi connectivity index (χ2n) is 7.55. The van der Waals surface area contributed by atoms with Gasteiger partial charge in [-0.15, -0.1) is 11.3 Å². The number of anilines is 1. The third-order valence-corrected chi connectivity index (χ3v) is 6.63. The maximum Gasteiger partial charge on any atom is 0.300 e. The van der Waals surface area contributed by atoms with Crippen LogP contribution in [-0.2, 0) is 9.59 Å². The van der Waals surface area contributed by atoms with Gasteiger partial charge in [0.25, 0.3) is 11.7 Å². The van der Waals surface area contributed by atoms with Crippen LogP contribution in [0.5, 0.6) is 5.75 Å². The van der Waals surface area contributed by atoms with Gasteiger partial charge in [-0.25, -0.2) is 0 Å². The highest BCUT2D eigenvalue weighted by Crippen LogP contribution is 2.45. The summed E-state index contributed by atoms with van der Waals surface area (Å²) in [5.41, 5.74) is 2.80. The Kier molecular flexibility index (Phi) is 6.09. The molecular formula is C25H22ClNO4S. The third-order valence-electron chi connectivity index (χ3n) is 5.37. The van der Waals surface area contributed by atoms with Crippen molar-refractivity contribution in [1.82, 2.24) is 0 Å². The molecule has 0 bridgehead atoms. The second kappa shape index (κ2) is 8.81. The molecule has 3 aromatic rings. The number of aliphatic hydroxyl groups excluding tert-OH is 1. The van der Waals surface area contributed by atoms with E-state index in [-0.39, 0.29) is 21.9 Å². The molecule has 4 rings (SSSR count). The Morgan fingerprint density at radius 1 is 1.16 bits per heavy atom. The molecule has 1 aromatic heterocycles. The molecule has 1 fully saturated rings. The third kappa shape index (κ3) is 3.80. The number of rotatable bonds is 5. The van der Waals surface area contributed by atoms with Crippen LogP contribution in [0.15, 0.2) is 59.5 Å². The van der Waals surface area contributed by atoms with Gasteiger partial charge in [0.15, 0.2) is 0 Å². The highest BCUT2D eigenvalue weighted by atomic mass is 35.5. The van der Waals surface area contributed by atoms with Crippen LogP contribution in [0, 0.1) is 13.8 Å². The molecule has 1 aliphatic rings. The lowest BCUT2D eigenvalue weighted by atomic mass is 9.99. The van der Waals surface area contributed by atoms with Gasteiger partial charge in [-0.2, -0.15) is 0 Å². The Hall–Kier alpha value is -3.09. The molecule has 164 valence electrons. The standard InChI is InChI=1S/C25H22ClNO4S/c1-4-31-16-8-9-18(26)17(13-16)23(28)21-22(20-6-5-11-32-20)27(25(30)24(21)29)19-10-7-14(2)12-15(19)3/h5-13,22,28H,4H2,1-3H3/b23-21-. The lowest BCUT2D eigenvalue weighted by Crippen LogP contribution is -2.29. The van der Waals surface area contributed by atoms with E-state index in [0.717, 1.165) is 16.0 Å². The van der Waals surface area contributed by atoms with E-state index in [0.29, 0.717) is 18.0 Å². The maximum atomic E-state index is 13.2. The molecular weight excluding hydrogens is 446 g/mol. The van der Waals surface area contributed by atoms with Crippen LogP contribution in [0.2, 0.25) is 5.02 Å². The molecule has 1 atom stereocenters. The predicted octanol–water partition coefficient (Wildman–Crippen LogP) is 6.04. The van der Waals surface area contributed by atoms with Crippen molar-refractivity contribution in [3.05, 3.63) is 86.1 Å². The molecule has 5 nitrogen and oxygen atoms in total. The average Bonchev–Trinajstić information content (AvgIpc) is 3.37. The molecule has 0 radical (unpaired) electrons. The first-order valence-corrected chi connectivity index (χ1v) is 11.4. The van der Waals surface area contributed by atoms with Crippen molar-refractivity contribution < 1.29 is 19.4 Å². The van der Waals surface area contributed by atoms with Gasteiger partial charge in [0.05, 0.1) is 17.2 Å². The molecule has 0 aliphatic carbocycles. The summed E-state index contributed by atoms with van der Waals surface area (Å²) in [6.45, 7) is 6.15. The first-order chi connectivity index (χ1) is 15.3. The van der Waals surface area contributed by atoms with Crippen molar-refractivity contribution >= 4 is 46.1 Å². The topological polar surface area (TPSA) is 66.8 Å². The van der Waals surface area contributed by atoms with Crippen LogP contribution in [0.3, 0.4) is 0 Å². The van der Waals surface area contributed by atoms with Gasteiger partial charge in [0.2, 0.25) is 0 Å².